The molecule has 0 aromatic carbocycles. The number of hydrogen-bond acceptors (Lipinski definition) is 1. The molecule has 0 aliphatic carbocycles. The van der Waals surface area contributed by atoms with Crippen LogP contribution in [-0.2, 0) is 4.79 Å². The van der Waals surface area contributed by atoms with E-state index in [1.54, 1.807) is 6.08 Å². The summed E-state index contributed by atoms with van der Waals surface area (Å²) in [4.78, 5) is 9.81. The molecule has 1 nitrogen and oxygen atoms in total. The first-order valence-corrected chi connectivity index (χ1v) is 3.36. The zero-order valence-corrected chi connectivity index (χ0v) is 6.79. The molecule has 0 heterocycles. The summed E-state index contributed by atoms with van der Waals surface area (Å²) in [6, 6.07) is 0. The molecule has 0 unspecified atom stereocenters. The molecule has 0 rings (SSSR count). The molecule has 0 spiro atoms. The van der Waals surface area contributed by atoms with E-state index < -0.39 is 0 Å². The Bertz CT molecular complexity index is 147. The van der Waals surface area contributed by atoms with Crippen LogP contribution in [0.15, 0.2) is 24.3 Å². The van der Waals surface area contributed by atoms with Crippen LogP contribution in [0.2, 0.25) is 0 Å². The summed E-state index contributed by atoms with van der Waals surface area (Å²) in [5.41, 5.74) is 0.202. The number of carbonyl (C=O) groups excluding carboxylic acids is 1. The van der Waals surface area contributed by atoms with Gasteiger partial charge in [-0.1, -0.05) is 39.0 Å². The van der Waals surface area contributed by atoms with E-state index in [4.69, 9.17) is 0 Å². The average Bonchev–Trinajstić information content (AvgIpc) is 1.78. The lowest BCUT2D eigenvalue weighted by atomic mass is 9.96. The van der Waals surface area contributed by atoms with Gasteiger partial charge in [0.15, 0.2) is 0 Å². The number of hydrogen-bond donors (Lipinski definition) is 0. The van der Waals surface area contributed by atoms with E-state index >= 15 is 0 Å². The third-order valence-electron chi connectivity index (χ3n) is 0.897. The number of carbonyl (C=O) groups is 1. The Morgan fingerprint density at radius 2 is 1.60 bits per heavy atom. The Balaban J connectivity index is 3.77. The molecule has 0 aromatic rings. The van der Waals surface area contributed by atoms with Crippen LogP contribution in [0.25, 0.3) is 0 Å². The van der Waals surface area contributed by atoms with E-state index in [0.717, 1.165) is 6.29 Å². The van der Waals surface area contributed by atoms with E-state index in [2.05, 4.69) is 20.8 Å². The summed E-state index contributed by atoms with van der Waals surface area (Å²) in [6.07, 6.45) is 7.91. The zero-order valence-electron chi connectivity index (χ0n) is 6.79. The van der Waals surface area contributed by atoms with Crippen LogP contribution in [0.5, 0.6) is 0 Å². The lowest BCUT2D eigenvalue weighted by Crippen LogP contribution is -1.97. The fourth-order valence-electron chi connectivity index (χ4n) is 0.454. The van der Waals surface area contributed by atoms with Crippen molar-refractivity contribution in [3.8, 4) is 0 Å². The number of allylic oxidation sites excluding steroid dienone is 4. The van der Waals surface area contributed by atoms with E-state index in [9.17, 15) is 4.79 Å². The molecule has 0 aromatic heterocycles. The van der Waals surface area contributed by atoms with Crippen LogP contribution in [-0.4, -0.2) is 6.29 Å². The monoisotopic (exact) mass is 138 g/mol. The van der Waals surface area contributed by atoms with Gasteiger partial charge in [-0.3, -0.25) is 4.79 Å². The van der Waals surface area contributed by atoms with Gasteiger partial charge in [-0.15, -0.1) is 0 Å². The maximum Gasteiger partial charge on any atom is 0.142 e. The first-order chi connectivity index (χ1) is 4.56. The fourth-order valence-corrected chi connectivity index (χ4v) is 0.454. The topological polar surface area (TPSA) is 17.1 Å². The van der Waals surface area contributed by atoms with Gasteiger partial charge < -0.3 is 0 Å². The molecule has 56 valence electrons. The molecule has 0 N–H and O–H groups in total. The summed E-state index contributed by atoms with van der Waals surface area (Å²) in [7, 11) is 0. The lowest BCUT2D eigenvalue weighted by molar-refractivity contribution is -0.104. The highest BCUT2D eigenvalue weighted by Crippen LogP contribution is 2.13. The summed E-state index contributed by atoms with van der Waals surface area (Å²) in [5.74, 6) is 0. The first kappa shape index (κ1) is 9.15. The van der Waals surface area contributed by atoms with Gasteiger partial charge >= 0.3 is 0 Å². The third-order valence-corrected chi connectivity index (χ3v) is 0.897. The minimum atomic E-state index is 0.202. The zero-order chi connectivity index (χ0) is 8.04. The molecule has 1 heteroatoms. The standard InChI is InChI=1S/C9H14O/c1-9(2,3)7-5-4-6-8-10/h4-8H,1-3H3. The SMILES string of the molecule is CC(C)(C)C=CC=CC=O. The highest BCUT2D eigenvalue weighted by molar-refractivity contribution is 5.65. The summed E-state index contributed by atoms with van der Waals surface area (Å²) < 4.78 is 0. The molecule has 0 fully saturated rings. The van der Waals surface area contributed by atoms with Crippen molar-refractivity contribution in [2.75, 3.05) is 0 Å². The van der Waals surface area contributed by atoms with Crippen molar-refractivity contribution in [1.82, 2.24) is 0 Å². The number of aldehydes is 1. The smallest absolute Gasteiger partial charge is 0.142 e. The molecule has 0 amide bonds. The molecule has 10 heavy (non-hydrogen) atoms. The van der Waals surface area contributed by atoms with Crippen LogP contribution in [0.3, 0.4) is 0 Å². The normalized spacial score (nSPS) is 13.1. The minimum Gasteiger partial charge on any atom is -0.299 e. The Kier molecular flexibility index (Phi) is 3.70. The second kappa shape index (κ2) is 4.04. The average molecular weight is 138 g/mol. The Morgan fingerprint density at radius 3 is 2.00 bits per heavy atom. The van der Waals surface area contributed by atoms with E-state index in [1.807, 2.05) is 12.2 Å². The Morgan fingerprint density at radius 1 is 1.00 bits per heavy atom. The van der Waals surface area contributed by atoms with Crippen LogP contribution in [0, 0.1) is 5.41 Å². The second-order valence-electron chi connectivity index (χ2n) is 3.25. The molecule has 0 saturated carbocycles. The minimum absolute atomic E-state index is 0.202. The first-order valence-electron chi connectivity index (χ1n) is 3.36. The largest absolute Gasteiger partial charge is 0.299 e. The van der Waals surface area contributed by atoms with Crippen LogP contribution < -0.4 is 0 Å². The number of rotatable bonds is 2. The van der Waals surface area contributed by atoms with Gasteiger partial charge in [-0.05, 0) is 11.5 Å². The molecule has 0 saturated heterocycles. The highest BCUT2D eigenvalue weighted by atomic mass is 16.1. The molecule has 0 aliphatic rings. The molecular formula is C9H14O. The molecule has 0 bridgehead atoms. The quantitative estimate of drug-likeness (QED) is 0.325. The van der Waals surface area contributed by atoms with Gasteiger partial charge in [0.1, 0.15) is 6.29 Å². The Hall–Kier alpha value is -0.850. The second-order valence-corrected chi connectivity index (χ2v) is 3.25. The molecule has 0 aliphatic heterocycles. The maximum atomic E-state index is 9.81. The van der Waals surface area contributed by atoms with Gasteiger partial charge in [0.2, 0.25) is 0 Å². The van der Waals surface area contributed by atoms with Crippen LogP contribution in [0.4, 0.5) is 0 Å². The van der Waals surface area contributed by atoms with Gasteiger partial charge in [-0.25, -0.2) is 0 Å². The van der Waals surface area contributed by atoms with E-state index in [0.29, 0.717) is 0 Å². The van der Waals surface area contributed by atoms with Gasteiger partial charge in [-0.2, -0.15) is 0 Å². The van der Waals surface area contributed by atoms with Gasteiger partial charge in [0.25, 0.3) is 0 Å². The summed E-state index contributed by atoms with van der Waals surface area (Å²) >= 11 is 0. The molecule has 0 atom stereocenters. The molecule has 0 radical (unpaired) electrons. The third kappa shape index (κ3) is 7.15. The van der Waals surface area contributed by atoms with Crippen molar-refractivity contribution < 1.29 is 4.79 Å². The predicted octanol–water partition coefficient (Wildman–Crippen LogP) is 2.34. The van der Waals surface area contributed by atoms with Crippen molar-refractivity contribution >= 4 is 6.29 Å². The maximum absolute atomic E-state index is 9.81. The van der Waals surface area contributed by atoms with Gasteiger partial charge in [0, 0.05) is 0 Å². The molecular weight excluding hydrogens is 124 g/mol. The van der Waals surface area contributed by atoms with Crippen molar-refractivity contribution in [3.05, 3.63) is 24.3 Å². The lowest BCUT2D eigenvalue weighted by Gasteiger charge is -2.09. The van der Waals surface area contributed by atoms with Crippen molar-refractivity contribution in [2.45, 2.75) is 20.8 Å². The van der Waals surface area contributed by atoms with Crippen molar-refractivity contribution in [1.29, 1.82) is 0 Å². The van der Waals surface area contributed by atoms with E-state index in [1.165, 1.54) is 6.08 Å². The predicted molar refractivity (Wildman–Crippen MR) is 43.8 cm³/mol. The van der Waals surface area contributed by atoms with Crippen molar-refractivity contribution in [2.24, 2.45) is 5.41 Å². The summed E-state index contributed by atoms with van der Waals surface area (Å²) in [6.45, 7) is 6.33. The van der Waals surface area contributed by atoms with Crippen LogP contribution >= 0.6 is 0 Å². The highest BCUT2D eigenvalue weighted by Gasteiger charge is 2.01. The van der Waals surface area contributed by atoms with Crippen LogP contribution in [0.1, 0.15) is 20.8 Å². The van der Waals surface area contributed by atoms with E-state index in [-0.39, 0.29) is 5.41 Å². The van der Waals surface area contributed by atoms with Crippen molar-refractivity contribution in [3.63, 3.8) is 0 Å². The Labute approximate surface area is 62.4 Å². The summed E-state index contributed by atoms with van der Waals surface area (Å²) in [5, 5.41) is 0. The van der Waals surface area contributed by atoms with Gasteiger partial charge in [0.05, 0.1) is 0 Å². The fraction of sp³-hybridized carbons (Fsp3) is 0.444.